The standard InChI is InChI=1S/C16H15ClN2O2S/c1-10-5-3-4-6-12(10)15(20)19-16(22)18-11-7-8-14(21-2)13(17)9-11/h3-9H,1-2H3,(H2,18,19,20,22). The summed E-state index contributed by atoms with van der Waals surface area (Å²) in [5, 5.41) is 6.22. The van der Waals surface area contributed by atoms with Gasteiger partial charge in [0.25, 0.3) is 5.91 Å². The van der Waals surface area contributed by atoms with E-state index in [-0.39, 0.29) is 11.0 Å². The molecule has 2 aromatic rings. The lowest BCUT2D eigenvalue weighted by atomic mass is 10.1. The van der Waals surface area contributed by atoms with Crippen LogP contribution in [0.15, 0.2) is 42.5 Å². The number of nitrogens with one attached hydrogen (secondary N) is 2. The molecule has 6 heteroatoms. The first-order valence-electron chi connectivity index (χ1n) is 6.52. The first-order valence-corrected chi connectivity index (χ1v) is 7.31. The van der Waals surface area contributed by atoms with Gasteiger partial charge in [-0.3, -0.25) is 10.1 Å². The Hall–Kier alpha value is -2.11. The maximum absolute atomic E-state index is 12.1. The number of amides is 1. The van der Waals surface area contributed by atoms with Crippen molar-refractivity contribution in [3.05, 3.63) is 58.6 Å². The van der Waals surface area contributed by atoms with Crippen LogP contribution in [-0.2, 0) is 0 Å². The predicted molar refractivity (Wildman–Crippen MR) is 92.9 cm³/mol. The van der Waals surface area contributed by atoms with E-state index in [0.29, 0.717) is 22.0 Å². The molecule has 4 nitrogen and oxygen atoms in total. The minimum atomic E-state index is -0.254. The summed E-state index contributed by atoms with van der Waals surface area (Å²) >= 11 is 11.2. The zero-order valence-corrected chi connectivity index (χ0v) is 13.7. The second kappa shape index (κ2) is 7.24. The Balaban J connectivity index is 2.03. The molecule has 0 saturated carbocycles. The Kier molecular flexibility index (Phi) is 5.35. The van der Waals surface area contributed by atoms with Crippen molar-refractivity contribution in [1.82, 2.24) is 5.32 Å². The molecular weight excluding hydrogens is 320 g/mol. The molecule has 0 spiro atoms. The fourth-order valence-electron chi connectivity index (χ4n) is 1.90. The SMILES string of the molecule is COc1ccc(NC(=S)NC(=O)c2ccccc2C)cc1Cl. The van der Waals surface area contributed by atoms with Crippen molar-refractivity contribution in [2.75, 3.05) is 12.4 Å². The maximum atomic E-state index is 12.1. The molecule has 0 aliphatic heterocycles. The number of rotatable bonds is 3. The Morgan fingerprint density at radius 1 is 1.23 bits per heavy atom. The van der Waals surface area contributed by atoms with Crippen LogP contribution in [-0.4, -0.2) is 18.1 Å². The molecule has 0 fully saturated rings. The van der Waals surface area contributed by atoms with Crippen LogP contribution >= 0.6 is 23.8 Å². The summed E-state index contributed by atoms with van der Waals surface area (Å²) in [6, 6.07) is 12.5. The zero-order chi connectivity index (χ0) is 16.1. The number of aryl methyl sites for hydroxylation is 1. The molecule has 0 saturated heterocycles. The lowest BCUT2D eigenvalue weighted by Gasteiger charge is -2.12. The van der Waals surface area contributed by atoms with Gasteiger partial charge in [0.1, 0.15) is 5.75 Å². The van der Waals surface area contributed by atoms with Crippen LogP contribution in [0.4, 0.5) is 5.69 Å². The molecule has 2 rings (SSSR count). The van der Waals surface area contributed by atoms with E-state index in [1.165, 1.54) is 0 Å². The van der Waals surface area contributed by atoms with Gasteiger partial charge < -0.3 is 10.1 Å². The van der Waals surface area contributed by atoms with E-state index < -0.39 is 0 Å². The summed E-state index contributed by atoms with van der Waals surface area (Å²) in [7, 11) is 1.54. The van der Waals surface area contributed by atoms with Gasteiger partial charge in [0.05, 0.1) is 12.1 Å². The number of thiocarbonyl (C=S) groups is 1. The van der Waals surface area contributed by atoms with Crippen molar-refractivity contribution in [1.29, 1.82) is 0 Å². The summed E-state index contributed by atoms with van der Waals surface area (Å²) in [4.78, 5) is 12.1. The van der Waals surface area contributed by atoms with Crippen molar-refractivity contribution < 1.29 is 9.53 Å². The summed E-state index contributed by atoms with van der Waals surface area (Å²) in [6.45, 7) is 1.87. The van der Waals surface area contributed by atoms with Crippen molar-refractivity contribution in [3.63, 3.8) is 0 Å². The molecule has 0 radical (unpaired) electrons. The number of carbonyl (C=O) groups is 1. The van der Waals surface area contributed by atoms with Crippen molar-refractivity contribution in [3.8, 4) is 5.75 Å². The number of hydrogen-bond donors (Lipinski definition) is 2. The van der Waals surface area contributed by atoms with Crippen LogP contribution in [0.5, 0.6) is 5.75 Å². The first kappa shape index (κ1) is 16.3. The Bertz CT molecular complexity index is 719. The summed E-state index contributed by atoms with van der Waals surface area (Å²) in [5.74, 6) is 0.317. The van der Waals surface area contributed by atoms with Gasteiger partial charge >= 0.3 is 0 Å². The largest absolute Gasteiger partial charge is 0.495 e. The highest BCUT2D eigenvalue weighted by atomic mass is 35.5. The smallest absolute Gasteiger partial charge is 0.257 e. The van der Waals surface area contributed by atoms with Gasteiger partial charge in [-0.05, 0) is 49.0 Å². The maximum Gasteiger partial charge on any atom is 0.257 e. The van der Waals surface area contributed by atoms with Gasteiger partial charge in [-0.15, -0.1) is 0 Å². The fourth-order valence-corrected chi connectivity index (χ4v) is 2.37. The highest BCUT2D eigenvalue weighted by Gasteiger charge is 2.10. The molecule has 114 valence electrons. The average molecular weight is 335 g/mol. The molecule has 0 bridgehead atoms. The van der Waals surface area contributed by atoms with Crippen LogP contribution < -0.4 is 15.4 Å². The second-order valence-corrected chi connectivity index (χ2v) is 5.39. The van der Waals surface area contributed by atoms with E-state index in [0.717, 1.165) is 5.56 Å². The average Bonchev–Trinajstić information content (AvgIpc) is 2.47. The van der Waals surface area contributed by atoms with Crippen LogP contribution in [0.25, 0.3) is 0 Å². The zero-order valence-electron chi connectivity index (χ0n) is 12.1. The second-order valence-electron chi connectivity index (χ2n) is 4.57. The van der Waals surface area contributed by atoms with Gasteiger partial charge in [0.2, 0.25) is 0 Å². The van der Waals surface area contributed by atoms with Crippen LogP contribution in [0, 0.1) is 6.92 Å². The highest BCUT2D eigenvalue weighted by molar-refractivity contribution is 7.80. The highest BCUT2D eigenvalue weighted by Crippen LogP contribution is 2.27. The van der Waals surface area contributed by atoms with Gasteiger partial charge in [-0.2, -0.15) is 0 Å². The minimum Gasteiger partial charge on any atom is -0.495 e. The van der Waals surface area contributed by atoms with Gasteiger partial charge in [-0.25, -0.2) is 0 Å². The van der Waals surface area contributed by atoms with E-state index in [1.807, 2.05) is 25.1 Å². The molecule has 2 aromatic carbocycles. The molecule has 0 aromatic heterocycles. The molecule has 0 aliphatic rings. The molecule has 2 N–H and O–H groups in total. The van der Waals surface area contributed by atoms with Crippen LogP contribution in [0.2, 0.25) is 5.02 Å². The molecule has 0 atom stereocenters. The Morgan fingerprint density at radius 3 is 2.59 bits per heavy atom. The van der Waals surface area contributed by atoms with E-state index in [1.54, 1.807) is 31.4 Å². The monoisotopic (exact) mass is 334 g/mol. The number of anilines is 1. The van der Waals surface area contributed by atoms with Crippen LogP contribution in [0.1, 0.15) is 15.9 Å². The third-order valence-electron chi connectivity index (χ3n) is 3.03. The predicted octanol–water partition coefficient (Wildman–Crippen LogP) is 3.78. The van der Waals surface area contributed by atoms with E-state index in [9.17, 15) is 4.79 Å². The molecule has 0 heterocycles. The molecule has 0 unspecified atom stereocenters. The van der Waals surface area contributed by atoms with Crippen LogP contribution in [0.3, 0.4) is 0 Å². The van der Waals surface area contributed by atoms with Crippen molar-refractivity contribution in [2.24, 2.45) is 0 Å². The van der Waals surface area contributed by atoms with Gasteiger partial charge in [0, 0.05) is 11.3 Å². The van der Waals surface area contributed by atoms with Gasteiger partial charge in [0.15, 0.2) is 5.11 Å². The van der Waals surface area contributed by atoms with E-state index >= 15 is 0 Å². The summed E-state index contributed by atoms with van der Waals surface area (Å²) < 4.78 is 5.08. The Labute approximate surface area is 139 Å². The molecule has 0 aliphatic carbocycles. The summed E-state index contributed by atoms with van der Waals surface area (Å²) in [5.41, 5.74) is 2.13. The van der Waals surface area contributed by atoms with Gasteiger partial charge in [-0.1, -0.05) is 29.8 Å². The van der Waals surface area contributed by atoms with E-state index in [2.05, 4.69) is 10.6 Å². The lowest BCUT2D eigenvalue weighted by Crippen LogP contribution is -2.34. The fraction of sp³-hybridized carbons (Fsp3) is 0.125. The number of ether oxygens (including phenoxy) is 1. The third kappa shape index (κ3) is 3.96. The number of carbonyl (C=O) groups excluding carboxylic acids is 1. The quantitative estimate of drug-likeness (QED) is 0.839. The molecule has 1 amide bonds. The third-order valence-corrected chi connectivity index (χ3v) is 3.53. The lowest BCUT2D eigenvalue weighted by molar-refractivity contribution is 0.0977. The first-order chi connectivity index (χ1) is 10.5. The normalized spacial score (nSPS) is 9.95. The number of hydrogen-bond acceptors (Lipinski definition) is 3. The Morgan fingerprint density at radius 2 is 1.95 bits per heavy atom. The van der Waals surface area contributed by atoms with Crippen molar-refractivity contribution in [2.45, 2.75) is 6.92 Å². The number of benzene rings is 2. The number of methoxy groups -OCH3 is 1. The molecule has 22 heavy (non-hydrogen) atoms. The van der Waals surface area contributed by atoms with E-state index in [4.69, 9.17) is 28.6 Å². The van der Waals surface area contributed by atoms with Crippen molar-refractivity contribution >= 4 is 40.5 Å². The minimum absolute atomic E-state index is 0.203. The molecular formula is C16H15ClN2O2S. The topological polar surface area (TPSA) is 50.4 Å². The summed E-state index contributed by atoms with van der Waals surface area (Å²) in [6.07, 6.45) is 0. The number of halogens is 1.